The first-order valence-electron chi connectivity index (χ1n) is 5.42. The number of nitrogens with two attached hydrogens (primary N) is 1. The Labute approximate surface area is 90.7 Å². The molecule has 0 amide bonds. The fourth-order valence-corrected chi connectivity index (χ4v) is 1.94. The first-order valence-corrected chi connectivity index (χ1v) is 5.42. The summed E-state index contributed by atoms with van der Waals surface area (Å²) in [7, 11) is 0. The number of allylic oxidation sites excluding steroid dienone is 1. The van der Waals surface area contributed by atoms with Gasteiger partial charge in [-0.05, 0) is 24.5 Å². The van der Waals surface area contributed by atoms with Gasteiger partial charge in [0.15, 0.2) is 0 Å². The Kier molecular flexibility index (Phi) is 3.07. The van der Waals surface area contributed by atoms with E-state index in [4.69, 9.17) is 10.5 Å². The van der Waals surface area contributed by atoms with E-state index in [0.29, 0.717) is 0 Å². The zero-order valence-corrected chi connectivity index (χ0v) is 8.86. The molecule has 0 fully saturated rings. The number of hydrogen-bond acceptors (Lipinski definition) is 2. The topological polar surface area (TPSA) is 35.2 Å². The molecule has 0 aromatic heterocycles. The van der Waals surface area contributed by atoms with Crippen molar-refractivity contribution < 1.29 is 4.74 Å². The van der Waals surface area contributed by atoms with Gasteiger partial charge in [-0.3, -0.25) is 0 Å². The molecular weight excluding hydrogens is 186 g/mol. The molecule has 0 aliphatic carbocycles. The number of hydrogen-bond donors (Lipinski definition) is 1. The smallest absolute Gasteiger partial charge is 0.123 e. The van der Waals surface area contributed by atoms with E-state index in [2.05, 4.69) is 12.6 Å². The van der Waals surface area contributed by atoms with Crippen LogP contribution in [0.4, 0.5) is 0 Å². The summed E-state index contributed by atoms with van der Waals surface area (Å²) in [6, 6.07) is 8.26. The van der Waals surface area contributed by atoms with Crippen molar-refractivity contribution in [1.82, 2.24) is 0 Å². The number of para-hydroxylation sites is 1. The van der Waals surface area contributed by atoms with Crippen LogP contribution in [0.25, 0.3) is 0 Å². The lowest BCUT2D eigenvalue weighted by molar-refractivity contribution is 0.194. The quantitative estimate of drug-likeness (QED) is 0.762. The molecule has 1 aromatic carbocycles. The summed E-state index contributed by atoms with van der Waals surface area (Å²) in [6.45, 7) is 3.70. The van der Waals surface area contributed by atoms with Gasteiger partial charge < -0.3 is 10.5 Å². The molecule has 2 rings (SSSR count). The molecule has 80 valence electrons. The average molecular weight is 203 g/mol. The fraction of sp³-hybridized carbons (Fsp3) is 0.385. The van der Waals surface area contributed by atoms with E-state index in [1.54, 1.807) is 0 Å². The third kappa shape index (κ3) is 2.21. The van der Waals surface area contributed by atoms with Gasteiger partial charge in [-0.25, -0.2) is 0 Å². The molecule has 0 saturated heterocycles. The number of benzene rings is 1. The van der Waals surface area contributed by atoms with Crippen molar-refractivity contribution in [3.63, 3.8) is 0 Å². The zero-order chi connectivity index (χ0) is 10.7. The van der Waals surface area contributed by atoms with Crippen LogP contribution in [0.15, 0.2) is 36.9 Å². The Bertz CT molecular complexity index is 323. The van der Waals surface area contributed by atoms with E-state index < -0.39 is 0 Å². The van der Waals surface area contributed by atoms with Crippen molar-refractivity contribution in [3.05, 3.63) is 42.5 Å². The first kappa shape index (κ1) is 10.2. The molecule has 2 heteroatoms. The summed E-state index contributed by atoms with van der Waals surface area (Å²) in [5.41, 5.74) is 7.35. The van der Waals surface area contributed by atoms with Crippen LogP contribution in [0.5, 0.6) is 5.75 Å². The highest BCUT2D eigenvalue weighted by Crippen LogP contribution is 2.29. The summed E-state index contributed by atoms with van der Waals surface area (Å²) >= 11 is 0. The molecule has 0 radical (unpaired) electrons. The molecule has 0 spiro atoms. The maximum Gasteiger partial charge on any atom is 0.123 e. The van der Waals surface area contributed by atoms with Crippen LogP contribution in [0.2, 0.25) is 0 Å². The van der Waals surface area contributed by atoms with Crippen molar-refractivity contribution in [1.29, 1.82) is 0 Å². The predicted octanol–water partition coefficient (Wildman–Crippen LogP) is 2.28. The van der Waals surface area contributed by atoms with Crippen LogP contribution >= 0.6 is 0 Å². The summed E-state index contributed by atoms with van der Waals surface area (Å²) in [5, 5.41) is 0. The van der Waals surface area contributed by atoms with Gasteiger partial charge in [-0.15, -0.1) is 6.58 Å². The largest absolute Gasteiger partial charge is 0.488 e. The maximum absolute atomic E-state index is 6.07. The van der Waals surface area contributed by atoms with E-state index in [0.717, 1.165) is 25.0 Å². The van der Waals surface area contributed by atoms with Gasteiger partial charge in [0.05, 0.1) is 0 Å². The molecule has 2 N–H and O–H groups in total. The highest BCUT2D eigenvalue weighted by atomic mass is 16.5. The normalized spacial score (nSPS) is 20.5. The summed E-state index contributed by atoms with van der Waals surface area (Å²) in [4.78, 5) is 0. The molecule has 0 saturated carbocycles. The lowest BCUT2D eigenvalue weighted by atomic mass is 10.0. The number of fused-ring (bicyclic) bond motifs is 1. The van der Waals surface area contributed by atoms with Gasteiger partial charge in [0.25, 0.3) is 0 Å². The molecule has 15 heavy (non-hydrogen) atoms. The Hall–Kier alpha value is -1.28. The zero-order valence-electron chi connectivity index (χ0n) is 8.86. The van der Waals surface area contributed by atoms with Gasteiger partial charge in [0, 0.05) is 12.5 Å². The van der Waals surface area contributed by atoms with E-state index in [1.807, 2.05) is 24.3 Å². The van der Waals surface area contributed by atoms with Crippen LogP contribution in [0.3, 0.4) is 0 Å². The number of ether oxygens (including phenoxy) is 1. The molecule has 1 aliphatic rings. The monoisotopic (exact) mass is 203 g/mol. The van der Waals surface area contributed by atoms with Gasteiger partial charge in [0.1, 0.15) is 11.9 Å². The van der Waals surface area contributed by atoms with Gasteiger partial charge in [-0.2, -0.15) is 0 Å². The van der Waals surface area contributed by atoms with Crippen LogP contribution in [-0.2, 0) is 6.42 Å². The molecule has 1 aliphatic heterocycles. The van der Waals surface area contributed by atoms with Crippen molar-refractivity contribution in [3.8, 4) is 5.75 Å². The van der Waals surface area contributed by atoms with Gasteiger partial charge >= 0.3 is 0 Å². The Balaban J connectivity index is 1.97. The SMILES string of the molecule is C=CCCC(N)C1Cc2ccccc2O1. The van der Waals surface area contributed by atoms with Crippen molar-refractivity contribution in [2.45, 2.75) is 31.4 Å². The third-order valence-electron chi connectivity index (χ3n) is 2.85. The van der Waals surface area contributed by atoms with E-state index in [-0.39, 0.29) is 12.1 Å². The molecule has 1 heterocycles. The van der Waals surface area contributed by atoms with Gasteiger partial charge in [0.2, 0.25) is 0 Å². The van der Waals surface area contributed by atoms with Gasteiger partial charge in [-0.1, -0.05) is 24.3 Å². The Morgan fingerprint density at radius 3 is 3.07 bits per heavy atom. The molecule has 2 unspecified atom stereocenters. The fourth-order valence-electron chi connectivity index (χ4n) is 1.94. The minimum absolute atomic E-state index is 0.107. The minimum Gasteiger partial charge on any atom is -0.488 e. The predicted molar refractivity (Wildman–Crippen MR) is 62.0 cm³/mol. The summed E-state index contributed by atoms with van der Waals surface area (Å²) < 4.78 is 5.81. The molecule has 2 atom stereocenters. The van der Waals surface area contributed by atoms with E-state index >= 15 is 0 Å². The van der Waals surface area contributed by atoms with Crippen LogP contribution in [0, 0.1) is 0 Å². The van der Waals surface area contributed by atoms with Crippen molar-refractivity contribution in [2.24, 2.45) is 5.73 Å². The highest BCUT2D eigenvalue weighted by molar-refractivity contribution is 5.37. The Morgan fingerprint density at radius 1 is 1.53 bits per heavy atom. The van der Waals surface area contributed by atoms with E-state index in [1.165, 1.54) is 5.56 Å². The average Bonchev–Trinajstić information content (AvgIpc) is 2.69. The summed E-state index contributed by atoms with van der Waals surface area (Å²) in [6.07, 6.45) is 4.89. The standard InChI is InChI=1S/C13H17NO/c1-2-3-7-11(14)13-9-10-6-4-5-8-12(10)15-13/h2,4-6,8,11,13H,1,3,7,9,14H2. The first-order chi connectivity index (χ1) is 7.31. The lowest BCUT2D eigenvalue weighted by Crippen LogP contribution is -2.37. The van der Waals surface area contributed by atoms with E-state index in [9.17, 15) is 0 Å². The van der Waals surface area contributed by atoms with Crippen LogP contribution in [0.1, 0.15) is 18.4 Å². The summed E-state index contributed by atoms with van der Waals surface area (Å²) in [5.74, 6) is 0.997. The minimum atomic E-state index is 0.107. The lowest BCUT2D eigenvalue weighted by Gasteiger charge is -2.18. The van der Waals surface area contributed by atoms with Crippen molar-refractivity contribution >= 4 is 0 Å². The maximum atomic E-state index is 6.07. The number of rotatable bonds is 4. The highest BCUT2D eigenvalue weighted by Gasteiger charge is 2.27. The molecule has 2 nitrogen and oxygen atoms in total. The van der Waals surface area contributed by atoms with Crippen LogP contribution in [-0.4, -0.2) is 12.1 Å². The second-order valence-corrected chi connectivity index (χ2v) is 4.00. The molecular formula is C13H17NO. The Morgan fingerprint density at radius 2 is 2.33 bits per heavy atom. The second-order valence-electron chi connectivity index (χ2n) is 4.00. The second kappa shape index (κ2) is 4.49. The van der Waals surface area contributed by atoms with Crippen molar-refractivity contribution in [2.75, 3.05) is 0 Å². The van der Waals surface area contributed by atoms with Crippen LogP contribution < -0.4 is 10.5 Å². The third-order valence-corrected chi connectivity index (χ3v) is 2.85. The molecule has 1 aromatic rings. The molecule has 0 bridgehead atoms.